The first-order chi connectivity index (χ1) is 14.8. The maximum atomic E-state index is 15.0. The van der Waals surface area contributed by atoms with Crippen LogP contribution in [-0.4, -0.2) is 25.5 Å². The van der Waals surface area contributed by atoms with Crippen molar-refractivity contribution in [2.75, 3.05) is 11.1 Å². The number of carbonyl (C=O) groups excluding carboxylic acids is 1. The lowest BCUT2D eigenvalue weighted by Gasteiger charge is -2.13. The van der Waals surface area contributed by atoms with Gasteiger partial charge in [0.2, 0.25) is 0 Å². The van der Waals surface area contributed by atoms with Crippen molar-refractivity contribution in [3.05, 3.63) is 70.9 Å². The highest BCUT2D eigenvalue weighted by Crippen LogP contribution is 2.35. The zero-order valence-electron chi connectivity index (χ0n) is 16.7. The normalized spacial score (nSPS) is 12.2. The highest BCUT2D eigenvalue weighted by atomic mass is 35.5. The number of halogens is 2. The number of fused-ring (bicyclic) bond motifs is 1. The minimum Gasteiger partial charge on any atom is -0.383 e. The summed E-state index contributed by atoms with van der Waals surface area (Å²) in [7, 11) is 1.79. The molecule has 0 saturated carbocycles. The maximum absolute atomic E-state index is 15.0. The molecule has 0 saturated heterocycles. The summed E-state index contributed by atoms with van der Waals surface area (Å²) in [6, 6.07) is 10.7. The van der Waals surface area contributed by atoms with Crippen molar-refractivity contribution < 1.29 is 14.3 Å². The number of aromatic nitrogens is 3. The van der Waals surface area contributed by atoms with E-state index in [1.165, 1.54) is 12.1 Å². The largest absolute Gasteiger partial charge is 0.383 e. The van der Waals surface area contributed by atoms with Crippen molar-refractivity contribution in [2.24, 2.45) is 7.05 Å². The van der Waals surface area contributed by atoms with Gasteiger partial charge in [0.1, 0.15) is 23.1 Å². The van der Waals surface area contributed by atoms with Gasteiger partial charge in [-0.2, -0.15) is 0 Å². The number of nitrogens with two attached hydrogens (primary N) is 1. The van der Waals surface area contributed by atoms with Crippen LogP contribution in [0.5, 0.6) is 0 Å². The summed E-state index contributed by atoms with van der Waals surface area (Å²) >= 11 is 6.03. The minimum atomic E-state index is -1.49. The molecule has 2 heterocycles. The molecule has 31 heavy (non-hydrogen) atoms. The molecule has 9 heteroatoms. The van der Waals surface area contributed by atoms with E-state index < -0.39 is 17.8 Å². The minimum absolute atomic E-state index is 0.192. The fraction of sp³-hybridized carbons (Fsp3) is 0.136. The monoisotopic (exact) mass is 439 g/mol. The van der Waals surface area contributed by atoms with Crippen LogP contribution in [0.15, 0.2) is 48.7 Å². The Kier molecular flexibility index (Phi) is 5.34. The van der Waals surface area contributed by atoms with Crippen LogP contribution in [0.2, 0.25) is 5.02 Å². The van der Waals surface area contributed by atoms with Gasteiger partial charge in [-0.1, -0.05) is 29.8 Å². The molecule has 2 aromatic heterocycles. The predicted octanol–water partition coefficient (Wildman–Crippen LogP) is 3.99. The van der Waals surface area contributed by atoms with Crippen molar-refractivity contribution in [3.8, 4) is 11.1 Å². The standard InChI is InChI=1S/C22H19ClFN5O2/c1-11-26-20(25)18-15(10-29(2)21(18)27-11)13-8-7-12(9-17(13)24)28-22(31)19(30)14-5-3-4-6-16(14)23/h3-10,19,30H,1-2H3,(H,28,31)(H2,25,26,27). The van der Waals surface area contributed by atoms with Crippen molar-refractivity contribution in [3.63, 3.8) is 0 Å². The number of nitrogens with one attached hydrogen (secondary N) is 1. The fourth-order valence-corrected chi connectivity index (χ4v) is 3.72. The van der Waals surface area contributed by atoms with Gasteiger partial charge in [-0.15, -0.1) is 0 Å². The lowest BCUT2D eigenvalue weighted by molar-refractivity contribution is -0.124. The molecule has 158 valence electrons. The Balaban J connectivity index is 1.65. The summed E-state index contributed by atoms with van der Waals surface area (Å²) < 4.78 is 16.8. The van der Waals surface area contributed by atoms with E-state index >= 15 is 0 Å². The third-order valence-corrected chi connectivity index (χ3v) is 5.28. The van der Waals surface area contributed by atoms with Crippen LogP contribution >= 0.6 is 11.6 Å². The summed E-state index contributed by atoms with van der Waals surface area (Å²) in [5.41, 5.74) is 7.96. The lowest BCUT2D eigenvalue weighted by Crippen LogP contribution is -2.21. The number of rotatable bonds is 4. The van der Waals surface area contributed by atoms with E-state index in [1.807, 2.05) is 0 Å². The van der Waals surface area contributed by atoms with E-state index in [1.54, 1.807) is 55.1 Å². The number of anilines is 2. The number of aryl methyl sites for hydroxylation is 2. The van der Waals surface area contributed by atoms with Gasteiger partial charge in [0.15, 0.2) is 6.10 Å². The number of amides is 1. The number of nitrogen functional groups attached to an aromatic ring is 1. The topological polar surface area (TPSA) is 106 Å². The molecule has 1 atom stereocenters. The Morgan fingerprint density at radius 1 is 1.23 bits per heavy atom. The van der Waals surface area contributed by atoms with E-state index in [4.69, 9.17) is 17.3 Å². The van der Waals surface area contributed by atoms with Crippen LogP contribution < -0.4 is 11.1 Å². The number of hydrogen-bond acceptors (Lipinski definition) is 5. The summed E-state index contributed by atoms with van der Waals surface area (Å²) in [4.78, 5) is 21.0. The van der Waals surface area contributed by atoms with Crippen LogP contribution in [0, 0.1) is 12.7 Å². The Bertz CT molecular complexity index is 1320. The molecule has 0 aliphatic rings. The smallest absolute Gasteiger partial charge is 0.257 e. The summed E-state index contributed by atoms with van der Waals surface area (Å²) in [5.74, 6) is -0.512. The molecule has 4 N–H and O–H groups in total. The quantitative estimate of drug-likeness (QED) is 0.445. The predicted molar refractivity (Wildman–Crippen MR) is 118 cm³/mol. The van der Waals surface area contributed by atoms with Crippen molar-refractivity contribution in [1.29, 1.82) is 0 Å². The number of benzene rings is 2. The summed E-state index contributed by atoms with van der Waals surface area (Å²) in [6.07, 6.45) is 0.238. The van der Waals surface area contributed by atoms with Gasteiger partial charge in [0.05, 0.1) is 5.39 Å². The number of aliphatic hydroxyl groups is 1. The van der Waals surface area contributed by atoms with Gasteiger partial charge in [0, 0.05) is 40.6 Å². The first-order valence-electron chi connectivity index (χ1n) is 9.38. The molecule has 0 fully saturated rings. The second kappa shape index (κ2) is 7.98. The van der Waals surface area contributed by atoms with Crippen molar-refractivity contribution in [1.82, 2.24) is 14.5 Å². The number of nitrogens with zero attached hydrogens (tertiary/aromatic N) is 3. The van der Waals surface area contributed by atoms with Gasteiger partial charge < -0.3 is 20.7 Å². The zero-order chi connectivity index (χ0) is 22.3. The zero-order valence-corrected chi connectivity index (χ0v) is 17.5. The molecule has 0 bridgehead atoms. The molecule has 2 aromatic carbocycles. The number of aliphatic hydroxyl groups excluding tert-OH is 1. The van der Waals surface area contributed by atoms with Crippen molar-refractivity contribution >= 4 is 40.0 Å². The highest BCUT2D eigenvalue weighted by molar-refractivity contribution is 6.31. The molecular weight excluding hydrogens is 421 g/mol. The van der Waals surface area contributed by atoms with Gasteiger partial charge in [-0.3, -0.25) is 4.79 Å². The first kappa shape index (κ1) is 20.8. The van der Waals surface area contributed by atoms with Crippen LogP contribution in [0.1, 0.15) is 17.5 Å². The van der Waals surface area contributed by atoms with Gasteiger partial charge >= 0.3 is 0 Å². The van der Waals surface area contributed by atoms with Crippen molar-refractivity contribution in [2.45, 2.75) is 13.0 Å². The summed E-state index contributed by atoms with van der Waals surface area (Å²) in [6.45, 7) is 1.73. The third kappa shape index (κ3) is 3.83. The average Bonchev–Trinajstić information content (AvgIpc) is 3.04. The molecule has 1 amide bonds. The molecule has 1 unspecified atom stereocenters. The summed E-state index contributed by atoms with van der Waals surface area (Å²) in [5, 5.41) is 13.6. The van der Waals surface area contributed by atoms with Gasteiger partial charge in [-0.25, -0.2) is 14.4 Å². The third-order valence-electron chi connectivity index (χ3n) is 4.93. The Morgan fingerprint density at radius 2 is 1.97 bits per heavy atom. The second-order valence-corrected chi connectivity index (χ2v) is 7.52. The van der Waals surface area contributed by atoms with Crippen LogP contribution in [0.4, 0.5) is 15.9 Å². The van der Waals surface area contributed by atoms with Crippen LogP contribution in [0.25, 0.3) is 22.2 Å². The fourth-order valence-electron chi connectivity index (χ4n) is 3.48. The Hall–Kier alpha value is -3.49. The molecule has 0 aliphatic carbocycles. The SMILES string of the molecule is Cc1nc(N)c2c(-c3ccc(NC(=O)C(O)c4ccccc4Cl)cc3F)cn(C)c2n1. The molecule has 0 radical (unpaired) electrons. The molecule has 7 nitrogen and oxygen atoms in total. The van der Waals surface area contributed by atoms with E-state index in [-0.39, 0.29) is 27.7 Å². The van der Waals surface area contributed by atoms with Crippen LogP contribution in [-0.2, 0) is 11.8 Å². The van der Waals surface area contributed by atoms with Gasteiger partial charge in [0.25, 0.3) is 5.91 Å². The number of hydrogen-bond donors (Lipinski definition) is 3. The number of carbonyl (C=O) groups is 1. The van der Waals surface area contributed by atoms with E-state index in [0.717, 1.165) is 0 Å². The molecule has 4 aromatic rings. The van der Waals surface area contributed by atoms with E-state index in [9.17, 15) is 14.3 Å². The molecule has 0 spiro atoms. The first-order valence-corrected chi connectivity index (χ1v) is 9.76. The van der Waals surface area contributed by atoms with E-state index in [2.05, 4.69) is 15.3 Å². The molecule has 0 aliphatic heterocycles. The Morgan fingerprint density at radius 3 is 2.68 bits per heavy atom. The molecule has 4 rings (SSSR count). The lowest BCUT2D eigenvalue weighted by atomic mass is 10.0. The molecular formula is C22H19ClFN5O2. The maximum Gasteiger partial charge on any atom is 0.257 e. The average molecular weight is 440 g/mol. The Labute approximate surface area is 182 Å². The van der Waals surface area contributed by atoms with Crippen LogP contribution in [0.3, 0.4) is 0 Å². The van der Waals surface area contributed by atoms with E-state index in [0.29, 0.717) is 22.4 Å². The van der Waals surface area contributed by atoms with Gasteiger partial charge in [-0.05, 0) is 31.2 Å². The highest BCUT2D eigenvalue weighted by Gasteiger charge is 2.21. The second-order valence-electron chi connectivity index (χ2n) is 7.12.